The van der Waals surface area contributed by atoms with Gasteiger partial charge in [0.1, 0.15) is 11.5 Å². The van der Waals surface area contributed by atoms with Crippen molar-refractivity contribution in [1.82, 2.24) is 4.57 Å². The lowest BCUT2D eigenvalue weighted by Gasteiger charge is -2.10. The van der Waals surface area contributed by atoms with Gasteiger partial charge >= 0.3 is 0 Å². The van der Waals surface area contributed by atoms with Crippen LogP contribution in [0.25, 0.3) is 0 Å². The molecule has 2 aromatic rings. The molecule has 0 unspecified atom stereocenters. The van der Waals surface area contributed by atoms with E-state index in [0.717, 1.165) is 11.3 Å². The molecular formula is C14H16N2O3. The lowest BCUT2D eigenvalue weighted by atomic mass is 10.2. The van der Waals surface area contributed by atoms with E-state index in [-0.39, 0.29) is 11.3 Å². The summed E-state index contributed by atoms with van der Waals surface area (Å²) in [5.41, 5.74) is 1.48. The average Bonchev–Trinajstić information content (AvgIpc) is 2.41. The first-order valence-electron chi connectivity index (χ1n) is 5.86. The highest BCUT2D eigenvalue weighted by Crippen LogP contribution is 2.23. The quantitative estimate of drug-likeness (QED) is 0.878. The number of anilines is 1. The van der Waals surface area contributed by atoms with Crippen molar-refractivity contribution in [2.75, 3.05) is 12.4 Å². The minimum Gasteiger partial charge on any atom is -0.508 e. The first-order chi connectivity index (χ1) is 9.10. The zero-order valence-electron chi connectivity index (χ0n) is 10.9. The van der Waals surface area contributed by atoms with Gasteiger partial charge in [-0.1, -0.05) is 0 Å². The van der Waals surface area contributed by atoms with Gasteiger partial charge in [-0.3, -0.25) is 4.79 Å². The largest absolute Gasteiger partial charge is 0.508 e. The summed E-state index contributed by atoms with van der Waals surface area (Å²) in [5, 5.41) is 12.9. The zero-order chi connectivity index (χ0) is 13.8. The number of pyridine rings is 1. The molecule has 0 fully saturated rings. The molecule has 0 saturated carbocycles. The van der Waals surface area contributed by atoms with E-state index in [9.17, 15) is 9.90 Å². The molecule has 0 aliphatic carbocycles. The van der Waals surface area contributed by atoms with Crippen molar-refractivity contribution in [3.05, 3.63) is 52.4 Å². The number of methoxy groups -OCH3 is 1. The highest BCUT2D eigenvalue weighted by Gasteiger charge is 2.03. The minimum absolute atomic E-state index is 0.0604. The fourth-order valence-corrected chi connectivity index (χ4v) is 1.73. The maximum Gasteiger partial charge on any atom is 0.250 e. The van der Waals surface area contributed by atoms with Crippen molar-refractivity contribution in [2.24, 2.45) is 7.05 Å². The molecule has 5 nitrogen and oxygen atoms in total. The Morgan fingerprint density at radius 3 is 2.79 bits per heavy atom. The predicted octanol–water partition coefficient (Wildman–Crippen LogP) is 1.71. The third-order valence-corrected chi connectivity index (χ3v) is 2.86. The normalized spacial score (nSPS) is 10.2. The second-order valence-electron chi connectivity index (χ2n) is 4.22. The van der Waals surface area contributed by atoms with E-state index in [4.69, 9.17) is 4.74 Å². The van der Waals surface area contributed by atoms with Gasteiger partial charge in [0.25, 0.3) is 0 Å². The molecule has 0 spiro atoms. The van der Waals surface area contributed by atoms with Crippen molar-refractivity contribution in [3.8, 4) is 11.5 Å². The Bertz CT molecular complexity index is 635. The average molecular weight is 260 g/mol. The Morgan fingerprint density at radius 2 is 2.11 bits per heavy atom. The van der Waals surface area contributed by atoms with Crippen molar-refractivity contribution < 1.29 is 9.84 Å². The van der Waals surface area contributed by atoms with Crippen molar-refractivity contribution in [2.45, 2.75) is 6.54 Å². The van der Waals surface area contributed by atoms with E-state index < -0.39 is 0 Å². The molecule has 0 saturated heterocycles. The van der Waals surface area contributed by atoms with Crippen LogP contribution in [0.3, 0.4) is 0 Å². The summed E-state index contributed by atoms with van der Waals surface area (Å²) in [4.78, 5) is 11.3. The molecule has 2 rings (SSSR count). The summed E-state index contributed by atoms with van der Waals surface area (Å²) < 4.78 is 6.61. The molecule has 0 atom stereocenters. The number of phenolic OH excluding ortho intramolecular Hbond substituents is 1. The lowest BCUT2D eigenvalue weighted by Crippen LogP contribution is -2.15. The van der Waals surface area contributed by atoms with Gasteiger partial charge in [0.2, 0.25) is 5.56 Å². The molecule has 0 bridgehead atoms. The molecule has 1 heterocycles. The topological polar surface area (TPSA) is 63.5 Å². The molecular weight excluding hydrogens is 244 g/mol. The van der Waals surface area contributed by atoms with Crippen LogP contribution in [0.15, 0.2) is 41.3 Å². The first kappa shape index (κ1) is 13.0. The molecule has 1 aromatic heterocycles. The summed E-state index contributed by atoms with van der Waals surface area (Å²) in [5.74, 6) is 0.896. The number of rotatable bonds is 4. The molecule has 2 N–H and O–H groups in total. The number of ether oxygens (including phenoxy) is 1. The highest BCUT2D eigenvalue weighted by molar-refractivity contribution is 5.45. The number of aryl methyl sites for hydroxylation is 1. The molecule has 0 amide bonds. The van der Waals surface area contributed by atoms with Gasteiger partial charge in [0, 0.05) is 31.4 Å². The fourth-order valence-electron chi connectivity index (χ4n) is 1.73. The Hall–Kier alpha value is -2.43. The number of aromatic hydroxyl groups is 1. The van der Waals surface area contributed by atoms with Crippen LogP contribution < -0.4 is 15.6 Å². The Labute approximate surface area is 111 Å². The second kappa shape index (κ2) is 5.48. The van der Waals surface area contributed by atoms with Crippen LogP contribution in [0.1, 0.15) is 5.56 Å². The Kier molecular flexibility index (Phi) is 3.75. The highest BCUT2D eigenvalue weighted by atomic mass is 16.5. The van der Waals surface area contributed by atoms with Crippen molar-refractivity contribution in [1.29, 1.82) is 0 Å². The molecule has 19 heavy (non-hydrogen) atoms. The number of benzene rings is 1. The Morgan fingerprint density at radius 1 is 1.32 bits per heavy atom. The minimum atomic E-state index is -0.0604. The number of nitrogens with one attached hydrogen (secondary N) is 1. The maximum absolute atomic E-state index is 11.3. The van der Waals surface area contributed by atoms with Gasteiger partial charge in [-0.25, -0.2) is 0 Å². The van der Waals surface area contributed by atoms with E-state index >= 15 is 0 Å². The maximum atomic E-state index is 11.3. The van der Waals surface area contributed by atoms with Gasteiger partial charge in [-0.05, 0) is 24.3 Å². The monoisotopic (exact) mass is 260 g/mol. The van der Waals surface area contributed by atoms with E-state index in [1.807, 2.05) is 0 Å². The summed E-state index contributed by atoms with van der Waals surface area (Å²) in [6, 6.07) is 8.26. The molecule has 0 aliphatic heterocycles. The number of nitrogens with zero attached hydrogens (tertiary/aromatic N) is 1. The Balaban J connectivity index is 2.13. The first-order valence-corrected chi connectivity index (χ1v) is 5.86. The van der Waals surface area contributed by atoms with Gasteiger partial charge in [0.15, 0.2) is 0 Å². The van der Waals surface area contributed by atoms with Crippen LogP contribution in [0.5, 0.6) is 11.5 Å². The van der Waals surface area contributed by atoms with Crippen molar-refractivity contribution in [3.63, 3.8) is 0 Å². The molecule has 0 aliphatic rings. The van der Waals surface area contributed by atoms with E-state index in [1.54, 1.807) is 44.6 Å². The predicted molar refractivity (Wildman–Crippen MR) is 73.7 cm³/mol. The van der Waals surface area contributed by atoms with Gasteiger partial charge in [0.05, 0.1) is 12.8 Å². The van der Waals surface area contributed by atoms with Crippen LogP contribution in [0, 0.1) is 0 Å². The third kappa shape index (κ3) is 3.07. The molecule has 5 heteroatoms. The van der Waals surface area contributed by atoms with E-state index in [2.05, 4.69) is 5.32 Å². The number of aromatic nitrogens is 1. The number of hydrogen-bond donors (Lipinski definition) is 2. The SMILES string of the molecule is COc1ccc(O)c(CNc2ccc(=O)n(C)c2)c1. The van der Waals surface area contributed by atoms with E-state index in [0.29, 0.717) is 12.3 Å². The number of phenols is 1. The summed E-state index contributed by atoms with van der Waals surface area (Å²) >= 11 is 0. The van der Waals surface area contributed by atoms with Gasteiger partial charge < -0.3 is 19.7 Å². The number of hydrogen-bond acceptors (Lipinski definition) is 4. The van der Waals surface area contributed by atoms with Crippen LogP contribution in [0.4, 0.5) is 5.69 Å². The lowest BCUT2D eigenvalue weighted by molar-refractivity contribution is 0.411. The van der Waals surface area contributed by atoms with Crippen LogP contribution in [-0.2, 0) is 13.6 Å². The van der Waals surface area contributed by atoms with E-state index in [1.165, 1.54) is 10.6 Å². The second-order valence-corrected chi connectivity index (χ2v) is 4.22. The third-order valence-electron chi connectivity index (χ3n) is 2.86. The summed E-state index contributed by atoms with van der Waals surface area (Å²) in [6.45, 7) is 0.446. The zero-order valence-corrected chi connectivity index (χ0v) is 10.9. The summed E-state index contributed by atoms with van der Waals surface area (Å²) in [7, 11) is 3.27. The van der Waals surface area contributed by atoms with Crippen LogP contribution in [0.2, 0.25) is 0 Å². The standard InChI is InChI=1S/C14H16N2O3/c1-16-9-11(3-6-14(16)18)15-8-10-7-12(19-2)4-5-13(10)17/h3-7,9,15,17H,8H2,1-2H3. The molecule has 1 aromatic carbocycles. The van der Waals surface area contributed by atoms with Crippen LogP contribution >= 0.6 is 0 Å². The van der Waals surface area contributed by atoms with Gasteiger partial charge in [-0.15, -0.1) is 0 Å². The van der Waals surface area contributed by atoms with Crippen LogP contribution in [-0.4, -0.2) is 16.8 Å². The summed E-state index contributed by atoms with van der Waals surface area (Å²) in [6.07, 6.45) is 1.71. The smallest absolute Gasteiger partial charge is 0.250 e. The molecule has 0 radical (unpaired) electrons. The van der Waals surface area contributed by atoms with Crippen molar-refractivity contribution >= 4 is 5.69 Å². The van der Waals surface area contributed by atoms with Gasteiger partial charge in [-0.2, -0.15) is 0 Å². The molecule has 100 valence electrons. The fraction of sp³-hybridized carbons (Fsp3) is 0.214.